The third-order valence-electron chi connectivity index (χ3n) is 2.98. The van der Waals surface area contributed by atoms with Crippen molar-refractivity contribution in [3.8, 4) is 0 Å². The first kappa shape index (κ1) is 21.5. The second-order valence-corrected chi connectivity index (χ2v) is 7.73. The molecule has 1 aromatic carbocycles. The number of nitrogens with one attached hydrogen (secondary N) is 1. The van der Waals surface area contributed by atoms with Gasteiger partial charge < -0.3 is 19.5 Å². The van der Waals surface area contributed by atoms with Gasteiger partial charge in [0.05, 0.1) is 12.7 Å². The van der Waals surface area contributed by atoms with Crippen LogP contribution in [0.1, 0.15) is 63.5 Å². The summed E-state index contributed by atoms with van der Waals surface area (Å²) in [6.07, 6.45) is -0.746. The number of hydrogen-bond donors (Lipinski definition) is 1. The zero-order valence-corrected chi connectivity index (χ0v) is 16.3. The number of amides is 1. The molecule has 1 rings (SSSR count). The van der Waals surface area contributed by atoms with Crippen LogP contribution in [-0.2, 0) is 19.0 Å². The highest BCUT2D eigenvalue weighted by molar-refractivity contribution is 5.90. The Morgan fingerprint density at radius 3 is 1.81 bits per heavy atom. The van der Waals surface area contributed by atoms with E-state index in [-0.39, 0.29) is 0 Å². The smallest absolute Gasteiger partial charge is 0.408 e. The number of carbonyl (C=O) groups excluding carboxylic acids is 3. The van der Waals surface area contributed by atoms with Gasteiger partial charge in [0.15, 0.2) is 6.04 Å². The molecule has 0 fully saturated rings. The molecule has 1 N–H and O–H groups in total. The van der Waals surface area contributed by atoms with Crippen molar-refractivity contribution >= 4 is 18.0 Å². The van der Waals surface area contributed by atoms with Gasteiger partial charge in [-0.15, -0.1) is 0 Å². The van der Waals surface area contributed by atoms with Crippen LogP contribution in [-0.4, -0.2) is 36.3 Å². The van der Waals surface area contributed by atoms with E-state index in [9.17, 15) is 14.4 Å². The van der Waals surface area contributed by atoms with E-state index in [4.69, 9.17) is 14.2 Å². The number of alkyl carbamates (subject to hydrolysis) is 1. The van der Waals surface area contributed by atoms with Gasteiger partial charge in [-0.2, -0.15) is 0 Å². The van der Waals surface area contributed by atoms with Crippen molar-refractivity contribution in [2.24, 2.45) is 0 Å². The Balaban J connectivity index is 2.97. The van der Waals surface area contributed by atoms with Gasteiger partial charge in [0.1, 0.15) is 11.2 Å². The van der Waals surface area contributed by atoms with Crippen LogP contribution in [0.25, 0.3) is 0 Å². The molecule has 1 amide bonds. The Hall–Kier alpha value is -2.57. The highest BCUT2D eigenvalue weighted by Gasteiger charge is 2.27. The van der Waals surface area contributed by atoms with E-state index < -0.39 is 35.3 Å². The van der Waals surface area contributed by atoms with Crippen molar-refractivity contribution in [1.29, 1.82) is 0 Å². The Labute approximate surface area is 154 Å². The zero-order chi connectivity index (χ0) is 20.1. The topological polar surface area (TPSA) is 90.9 Å². The summed E-state index contributed by atoms with van der Waals surface area (Å²) in [7, 11) is 1.22. The molecule has 0 aliphatic carbocycles. The highest BCUT2D eigenvalue weighted by Crippen LogP contribution is 2.19. The minimum Gasteiger partial charge on any atom is -0.467 e. The maximum Gasteiger partial charge on any atom is 0.408 e. The SMILES string of the molecule is COC(=O)C(NC(=O)OC(C)(C)C)c1ccc(C(=O)OC(C)(C)C)cc1. The molecule has 1 unspecified atom stereocenters. The highest BCUT2D eigenvalue weighted by atomic mass is 16.6. The van der Waals surface area contributed by atoms with Crippen LogP contribution in [0.4, 0.5) is 4.79 Å². The standard InChI is InChI=1S/C19H27NO6/c1-18(2,3)25-15(21)13-10-8-12(9-11-13)14(16(22)24-7)20-17(23)26-19(4,5)6/h8-11,14H,1-7H3,(H,20,23). The van der Waals surface area contributed by atoms with Gasteiger partial charge >= 0.3 is 18.0 Å². The predicted octanol–water partition coefficient (Wildman–Crippen LogP) is 3.38. The van der Waals surface area contributed by atoms with Crippen LogP contribution in [0.5, 0.6) is 0 Å². The number of rotatable bonds is 4. The number of methoxy groups -OCH3 is 1. The van der Waals surface area contributed by atoms with E-state index in [0.717, 1.165) is 0 Å². The van der Waals surface area contributed by atoms with Crippen molar-refractivity contribution in [1.82, 2.24) is 5.32 Å². The van der Waals surface area contributed by atoms with Gasteiger partial charge in [-0.25, -0.2) is 14.4 Å². The van der Waals surface area contributed by atoms with E-state index in [0.29, 0.717) is 11.1 Å². The number of carbonyl (C=O) groups is 3. The minimum atomic E-state index is -1.05. The van der Waals surface area contributed by atoms with E-state index in [1.54, 1.807) is 53.7 Å². The molecule has 1 atom stereocenters. The molecule has 0 saturated carbocycles. The quantitative estimate of drug-likeness (QED) is 0.650. The molecular weight excluding hydrogens is 338 g/mol. The molecule has 0 aliphatic rings. The summed E-state index contributed by atoms with van der Waals surface area (Å²) in [5.74, 6) is -1.13. The van der Waals surface area contributed by atoms with Gasteiger partial charge in [0.25, 0.3) is 0 Å². The molecule has 7 heteroatoms. The Morgan fingerprint density at radius 2 is 1.38 bits per heavy atom. The third-order valence-corrected chi connectivity index (χ3v) is 2.98. The molecule has 0 aliphatic heterocycles. The second kappa shape index (κ2) is 8.21. The van der Waals surface area contributed by atoms with Crippen molar-refractivity contribution < 1.29 is 28.6 Å². The average Bonchev–Trinajstić information content (AvgIpc) is 2.48. The molecule has 0 heterocycles. The first-order valence-corrected chi connectivity index (χ1v) is 8.23. The Bertz CT molecular complexity index is 652. The van der Waals surface area contributed by atoms with Crippen molar-refractivity contribution in [3.63, 3.8) is 0 Å². The summed E-state index contributed by atoms with van der Waals surface area (Å²) >= 11 is 0. The van der Waals surface area contributed by atoms with Gasteiger partial charge in [-0.05, 0) is 59.2 Å². The fourth-order valence-electron chi connectivity index (χ4n) is 1.97. The molecule has 26 heavy (non-hydrogen) atoms. The molecule has 0 radical (unpaired) electrons. The van der Waals surface area contributed by atoms with E-state index >= 15 is 0 Å². The summed E-state index contributed by atoms with van der Waals surface area (Å²) in [4.78, 5) is 36.1. The molecule has 1 aromatic rings. The van der Waals surface area contributed by atoms with Crippen LogP contribution < -0.4 is 5.32 Å². The maximum atomic E-state index is 12.1. The average molecular weight is 365 g/mol. The van der Waals surface area contributed by atoms with E-state index in [1.165, 1.54) is 19.2 Å². The fraction of sp³-hybridized carbons (Fsp3) is 0.526. The first-order valence-electron chi connectivity index (χ1n) is 8.23. The monoisotopic (exact) mass is 365 g/mol. The van der Waals surface area contributed by atoms with Crippen LogP contribution in [0.15, 0.2) is 24.3 Å². The second-order valence-electron chi connectivity index (χ2n) is 7.73. The lowest BCUT2D eigenvalue weighted by molar-refractivity contribution is -0.143. The number of benzene rings is 1. The van der Waals surface area contributed by atoms with Crippen LogP contribution in [0, 0.1) is 0 Å². The number of hydrogen-bond acceptors (Lipinski definition) is 6. The summed E-state index contributed by atoms with van der Waals surface area (Å²) < 4.78 is 15.2. The third kappa shape index (κ3) is 7.13. The van der Waals surface area contributed by atoms with Gasteiger partial charge in [0, 0.05) is 0 Å². The van der Waals surface area contributed by atoms with E-state index in [1.807, 2.05) is 0 Å². The molecular formula is C19H27NO6. The van der Waals surface area contributed by atoms with Crippen molar-refractivity contribution in [3.05, 3.63) is 35.4 Å². The summed E-state index contributed by atoms with van der Waals surface area (Å²) in [5.41, 5.74) is -0.520. The lowest BCUT2D eigenvalue weighted by Gasteiger charge is -2.23. The summed E-state index contributed by atoms with van der Waals surface area (Å²) in [5, 5.41) is 2.48. The molecule has 7 nitrogen and oxygen atoms in total. The van der Waals surface area contributed by atoms with Crippen LogP contribution >= 0.6 is 0 Å². The lowest BCUT2D eigenvalue weighted by Crippen LogP contribution is -2.38. The Kier molecular flexibility index (Phi) is 6.78. The summed E-state index contributed by atoms with van der Waals surface area (Å²) in [6.45, 7) is 10.5. The van der Waals surface area contributed by atoms with Gasteiger partial charge in [-0.1, -0.05) is 12.1 Å². The fourth-order valence-corrected chi connectivity index (χ4v) is 1.97. The molecule has 0 bridgehead atoms. The molecule has 144 valence electrons. The maximum absolute atomic E-state index is 12.1. The first-order chi connectivity index (χ1) is 11.8. The van der Waals surface area contributed by atoms with Crippen LogP contribution in [0.2, 0.25) is 0 Å². The number of ether oxygens (including phenoxy) is 3. The lowest BCUT2D eigenvalue weighted by atomic mass is 10.0. The van der Waals surface area contributed by atoms with Crippen molar-refractivity contribution in [2.45, 2.75) is 58.8 Å². The largest absolute Gasteiger partial charge is 0.467 e. The van der Waals surface area contributed by atoms with Gasteiger partial charge in [-0.3, -0.25) is 0 Å². The van der Waals surface area contributed by atoms with E-state index in [2.05, 4.69) is 5.32 Å². The van der Waals surface area contributed by atoms with Crippen LogP contribution in [0.3, 0.4) is 0 Å². The summed E-state index contributed by atoms with van der Waals surface area (Å²) in [6, 6.07) is 5.10. The van der Waals surface area contributed by atoms with Crippen molar-refractivity contribution in [2.75, 3.05) is 7.11 Å². The molecule has 0 spiro atoms. The predicted molar refractivity (Wildman–Crippen MR) is 95.7 cm³/mol. The number of esters is 2. The normalized spacial score (nSPS) is 12.7. The molecule has 0 aromatic heterocycles. The minimum absolute atomic E-state index is 0.338. The molecule has 0 saturated heterocycles. The van der Waals surface area contributed by atoms with Gasteiger partial charge in [0.2, 0.25) is 0 Å². The zero-order valence-electron chi connectivity index (χ0n) is 16.3. The Morgan fingerprint density at radius 1 is 0.885 bits per heavy atom.